The first kappa shape index (κ1) is 28.1. The van der Waals surface area contributed by atoms with Gasteiger partial charge in [0.1, 0.15) is 12.1 Å². The van der Waals surface area contributed by atoms with E-state index in [0.29, 0.717) is 25.1 Å². The minimum atomic E-state index is -3.58. The van der Waals surface area contributed by atoms with E-state index >= 15 is 0 Å². The smallest absolute Gasteiger partial charge is 0.248 e. The number of hydrogen-bond donors (Lipinski definition) is 1. The minimum absolute atomic E-state index is 0.0752. The third kappa shape index (κ3) is 6.65. The van der Waals surface area contributed by atoms with Gasteiger partial charge in [0.2, 0.25) is 21.8 Å². The van der Waals surface area contributed by atoms with E-state index in [1.165, 1.54) is 10.7 Å². The molecule has 1 N–H and O–H groups in total. The zero-order valence-electron chi connectivity index (χ0n) is 22.3. The SMILES string of the molecule is CC=C(C=C(C)C)N(C(=O)C1CCCN1S(C)(=O)=O)C(C(=O)NC1CCCCC1)c1ccccc1C. The summed E-state index contributed by atoms with van der Waals surface area (Å²) in [5.74, 6) is -0.592. The highest BCUT2D eigenvalue weighted by Crippen LogP contribution is 2.33. The van der Waals surface area contributed by atoms with Crippen LogP contribution in [-0.2, 0) is 19.6 Å². The van der Waals surface area contributed by atoms with Crippen LogP contribution in [0.3, 0.4) is 0 Å². The molecule has 1 aromatic rings. The van der Waals surface area contributed by atoms with Gasteiger partial charge < -0.3 is 5.32 Å². The van der Waals surface area contributed by atoms with Gasteiger partial charge in [-0.25, -0.2) is 8.42 Å². The highest BCUT2D eigenvalue weighted by Gasteiger charge is 2.43. The summed E-state index contributed by atoms with van der Waals surface area (Å²) in [7, 11) is -3.58. The minimum Gasteiger partial charge on any atom is -0.351 e. The van der Waals surface area contributed by atoms with Crippen molar-refractivity contribution in [3.8, 4) is 0 Å². The van der Waals surface area contributed by atoms with Gasteiger partial charge in [0.15, 0.2) is 0 Å². The Bertz CT molecular complexity index is 1120. The molecule has 0 bridgehead atoms. The fourth-order valence-corrected chi connectivity index (χ4v) is 6.47. The molecule has 1 heterocycles. The van der Waals surface area contributed by atoms with Crippen LogP contribution < -0.4 is 5.32 Å². The number of benzene rings is 1. The van der Waals surface area contributed by atoms with Gasteiger partial charge in [0.25, 0.3) is 0 Å². The van der Waals surface area contributed by atoms with E-state index in [0.717, 1.165) is 48.6 Å². The molecule has 7 nitrogen and oxygen atoms in total. The molecule has 0 spiro atoms. The van der Waals surface area contributed by atoms with Gasteiger partial charge in [-0.15, -0.1) is 0 Å². The van der Waals surface area contributed by atoms with Crippen molar-refractivity contribution in [2.24, 2.45) is 0 Å². The Hall–Kier alpha value is -2.45. The van der Waals surface area contributed by atoms with Gasteiger partial charge in [-0.1, -0.05) is 55.2 Å². The second-order valence-electron chi connectivity index (χ2n) is 10.3. The van der Waals surface area contributed by atoms with Crippen molar-refractivity contribution in [2.45, 2.75) is 90.8 Å². The lowest BCUT2D eigenvalue weighted by atomic mass is 9.93. The maximum Gasteiger partial charge on any atom is 0.248 e. The fourth-order valence-electron chi connectivity index (χ4n) is 5.35. The summed E-state index contributed by atoms with van der Waals surface area (Å²) in [4.78, 5) is 29.8. The molecule has 2 amide bonds. The number of nitrogens with zero attached hydrogens (tertiary/aromatic N) is 2. The Morgan fingerprint density at radius 2 is 1.75 bits per heavy atom. The summed E-state index contributed by atoms with van der Waals surface area (Å²) in [6.07, 6.45) is 11.1. The molecule has 2 aliphatic rings. The molecule has 198 valence electrons. The fraction of sp³-hybridized carbons (Fsp3) is 0.571. The first-order valence-corrected chi connectivity index (χ1v) is 14.9. The molecule has 1 saturated carbocycles. The lowest BCUT2D eigenvalue weighted by molar-refractivity contribution is -0.141. The largest absolute Gasteiger partial charge is 0.351 e. The number of allylic oxidation sites excluding steroid dienone is 3. The topological polar surface area (TPSA) is 86.8 Å². The summed E-state index contributed by atoms with van der Waals surface area (Å²) in [6, 6.07) is 5.94. The molecule has 3 rings (SSSR count). The van der Waals surface area contributed by atoms with Crippen molar-refractivity contribution in [1.29, 1.82) is 0 Å². The number of carbonyl (C=O) groups is 2. The van der Waals surface area contributed by atoms with Gasteiger partial charge in [-0.05, 0) is 70.6 Å². The van der Waals surface area contributed by atoms with Crippen molar-refractivity contribution in [3.05, 3.63) is 58.8 Å². The second kappa shape index (κ2) is 12.2. The van der Waals surface area contributed by atoms with Crippen molar-refractivity contribution in [2.75, 3.05) is 12.8 Å². The molecule has 2 unspecified atom stereocenters. The van der Waals surface area contributed by atoms with Gasteiger partial charge in [0, 0.05) is 18.3 Å². The number of rotatable bonds is 8. The summed E-state index contributed by atoms with van der Waals surface area (Å²) >= 11 is 0. The molecular formula is C28H41N3O4S. The van der Waals surface area contributed by atoms with Crippen LogP contribution in [0.15, 0.2) is 47.7 Å². The number of carbonyl (C=O) groups excluding carboxylic acids is 2. The van der Waals surface area contributed by atoms with E-state index in [4.69, 9.17) is 0 Å². The van der Waals surface area contributed by atoms with Gasteiger partial charge in [0.05, 0.1) is 6.26 Å². The van der Waals surface area contributed by atoms with E-state index < -0.39 is 22.1 Å². The Balaban J connectivity index is 2.14. The molecule has 8 heteroatoms. The van der Waals surface area contributed by atoms with E-state index in [9.17, 15) is 18.0 Å². The first-order chi connectivity index (χ1) is 17.0. The standard InChI is InChI=1S/C28H41N3O4S/c1-6-23(19-20(2)3)31(28(33)25-17-12-18-30(25)36(5,34)35)26(24-16-11-10-13-21(24)4)27(32)29-22-14-8-7-9-15-22/h6,10-11,13,16,19,22,25-26H,7-9,12,14-15,17-18H2,1-5H3,(H,29,32). The monoisotopic (exact) mass is 515 g/mol. The quantitative estimate of drug-likeness (QED) is 0.513. The molecule has 2 atom stereocenters. The van der Waals surface area contributed by atoms with Crippen LogP contribution in [0.1, 0.15) is 82.9 Å². The summed E-state index contributed by atoms with van der Waals surface area (Å²) < 4.78 is 26.3. The van der Waals surface area contributed by atoms with Gasteiger partial charge in [-0.2, -0.15) is 4.31 Å². The van der Waals surface area contributed by atoms with Crippen LogP contribution in [0.5, 0.6) is 0 Å². The first-order valence-electron chi connectivity index (χ1n) is 13.0. The van der Waals surface area contributed by atoms with Crippen LogP contribution in [-0.4, -0.2) is 54.3 Å². The zero-order valence-corrected chi connectivity index (χ0v) is 23.1. The Kier molecular flexibility index (Phi) is 9.53. The molecule has 1 aliphatic carbocycles. The van der Waals surface area contributed by atoms with E-state index in [2.05, 4.69) is 5.32 Å². The third-order valence-corrected chi connectivity index (χ3v) is 8.39. The highest BCUT2D eigenvalue weighted by atomic mass is 32.2. The number of aryl methyl sites for hydroxylation is 1. The van der Waals surface area contributed by atoms with E-state index in [1.54, 1.807) is 4.90 Å². The molecule has 0 radical (unpaired) electrons. The van der Waals surface area contributed by atoms with Crippen molar-refractivity contribution >= 4 is 21.8 Å². The Labute approximate surface area is 216 Å². The number of amides is 2. The van der Waals surface area contributed by atoms with E-state index in [-0.39, 0.29) is 17.9 Å². The van der Waals surface area contributed by atoms with Crippen molar-refractivity contribution < 1.29 is 18.0 Å². The third-order valence-electron chi connectivity index (χ3n) is 7.10. The number of sulfonamides is 1. The maximum atomic E-state index is 14.3. The highest BCUT2D eigenvalue weighted by molar-refractivity contribution is 7.88. The van der Waals surface area contributed by atoms with Gasteiger partial charge in [-0.3, -0.25) is 14.5 Å². The summed E-state index contributed by atoms with van der Waals surface area (Å²) in [5, 5.41) is 3.23. The number of nitrogens with one attached hydrogen (secondary N) is 1. The molecular weight excluding hydrogens is 474 g/mol. The zero-order chi connectivity index (χ0) is 26.5. The predicted molar refractivity (Wildman–Crippen MR) is 144 cm³/mol. The normalized spacial score (nSPS) is 20.6. The second-order valence-corrected chi connectivity index (χ2v) is 12.2. The molecule has 1 aliphatic heterocycles. The molecule has 36 heavy (non-hydrogen) atoms. The average Bonchev–Trinajstić information content (AvgIpc) is 3.33. The maximum absolute atomic E-state index is 14.3. The Morgan fingerprint density at radius 3 is 2.33 bits per heavy atom. The molecule has 0 aromatic heterocycles. The van der Waals surface area contributed by atoms with Gasteiger partial charge >= 0.3 is 0 Å². The van der Waals surface area contributed by atoms with Crippen molar-refractivity contribution in [3.63, 3.8) is 0 Å². The molecule has 2 fully saturated rings. The summed E-state index contributed by atoms with van der Waals surface area (Å²) in [5.41, 5.74) is 3.21. The van der Waals surface area contributed by atoms with Crippen LogP contribution in [0, 0.1) is 6.92 Å². The Morgan fingerprint density at radius 1 is 1.08 bits per heavy atom. The lowest BCUT2D eigenvalue weighted by Gasteiger charge is -2.37. The van der Waals surface area contributed by atoms with Crippen LogP contribution in [0.4, 0.5) is 0 Å². The van der Waals surface area contributed by atoms with Crippen LogP contribution >= 0.6 is 0 Å². The van der Waals surface area contributed by atoms with Crippen LogP contribution in [0.2, 0.25) is 0 Å². The number of hydrogen-bond acceptors (Lipinski definition) is 4. The predicted octanol–water partition coefficient (Wildman–Crippen LogP) is 4.61. The molecule has 1 aromatic carbocycles. The van der Waals surface area contributed by atoms with Crippen molar-refractivity contribution in [1.82, 2.24) is 14.5 Å². The van der Waals surface area contributed by atoms with Crippen LogP contribution in [0.25, 0.3) is 0 Å². The average molecular weight is 516 g/mol. The summed E-state index contributed by atoms with van der Waals surface area (Å²) in [6.45, 7) is 7.96. The van der Waals surface area contributed by atoms with E-state index in [1.807, 2.05) is 64.1 Å². The lowest BCUT2D eigenvalue weighted by Crippen LogP contribution is -2.52. The molecule has 1 saturated heterocycles.